The van der Waals surface area contributed by atoms with E-state index in [0.717, 1.165) is 10.7 Å². The van der Waals surface area contributed by atoms with E-state index in [1.54, 1.807) is 12.3 Å². The first-order valence-electron chi connectivity index (χ1n) is 5.40. The van der Waals surface area contributed by atoms with Gasteiger partial charge >= 0.3 is 0 Å². The van der Waals surface area contributed by atoms with Crippen LogP contribution in [0.1, 0.15) is 34.0 Å². The third kappa shape index (κ3) is 2.86. The van der Waals surface area contributed by atoms with Crippen molar-refractivity contribution in [3.63, 3.8) is 0 Å². The quantitative estimate of drug-likeness (QED) is 0.941. The number of aryl methyl sites for hydroxylation is 1. The highest BCUT2D eigenvalue weighted by molar-refractivity contribution is 7.09. The second-order valence-electron chi connectivity index (χ2n) is 3.88. The van der Waals surface area contributed by atoms with Gasteiger partial charge in [0.25, 0.3) is 5.91 Å². The maximum Gasteiger partial charge on any atom is 0.253 e. The Morgan fingerprint density at radius 2 is 2.33 bits per heavy atom. The number of hydrogen-bond acceptors (Lipinski definition) is 4. The van der Waals surface area contributed by atoms with Gasteiger partial charge in [-0.1, -0.05) is 11.6 Å². The van der Waals surface area contributed by atoms with E-state index in [1.807, 2.05) is 19.2 Å². The topological polar surface area (TPSA) is 54.9 Å². The monoisotopic (exact) mass is 281 g/mol. The molecule has 0 saturated carbocycles. The normalized spacial score (nSPS) is 12.2. The van der Waals surface area contributed by atoms with E-state index in [0.29, 0.717) is 10.6 Å². The number of hydrogen-bond donors (Lipinski definition) is 1. The lowest BCUT2D eigenvalue weighted by Gasteiger charge is -2.11. The van der Waals surface area contributed by atoms with Crippen molar-refractivity contribution >= 4 is 28.8 Å². The minimum Gasteiger partial charge on any atom is -0.343 e. The maximum absolute atomic E-state index is 12.0. The van der Waals surface area contributed by atoms with Crippen molar-refractivity contribution < 1.29 is 4.79 Å². The van der Waals surface area contributed by atoms with Crippen LogP contribution in [0, 0.1) is 6.92 Å². The molecule has 0 spiro atoms. The van der Waals surface area contributed by atoms with Crippen LogP contribution in [0.5, 0.6) is 0 Å². The molecule has 4 nitrogen and oxygen atoms in total. The van der Waals surface area contributed by atoms with Gasteiger partial charge in [0.1, 0.15) is 5.01 Å². The molecule has 1 atom stereocenters. The Balaban J connectivity index is 2.10. The summed E-state index contributed by atoms with van der Waals surface area (Å²) in [5.41, 5.74) is 1.38. The average molecular weight is 282 g/mol. The van der Waals surface area contributed by atoms with Gasteiger partial charge in [-0.3, -0.25) is 9.78 Å². The minimum absolute atomic E-state index is 0.138. The van der Waals surface area contributed by atoms with E-state index in [9.17, 15) is 4.79 Å². The molecule has 6 heteroatoms. The molecule has 2 rings (SSSR count). The van der Waals surface area contributed by atoms with Gasteiger partial charge in [-0.2, -0.15) is 0 Å². The Kier molecular flexibility index (Phi) is 3.93. The number of pyridine rings is 1. The Morgan fingerprint density at radius 1 is 1.56 bits per heavy atom. The molecule has 0 aliphatic rings. The number of halogens is 1. The number of aromatic nitrogens is 2. The molecule has 0 aliphatic heterocycles. The fraction of sp³-hybridized carbons (Fsp3) is 0.250. The summed E-state index contributed by atoms with van der Waals surface area (Å²) in [5.74, 6) is -0.220. The van der Waals surface area contributed by atoms with Crippen molar-refractivity contribution in [2.24, 2.45) is 0 Å². The van der Waals surface area contributed by atoms with Gasteiger partial charge in [0, 0.05) is 23.5 Å². The van der Waals surface area contributed by atoms with Gasteiger partial charge in [0.05, 0.1) is 16.6 Å². The van der Waals surface area contributed by atoms with Crippen molar-refractivity contribution in [1.29, 1.82) is 0 Å². The van der Waals surface area contributed by atoms with Crippen LogP contribution in [0.15, 0.2) is 23.8 Å². The molecule has 1 N–H and O–H groups in total. The molecule has 94 valence electrons. The number of nitrogens with one attached hydrogen (secondary N) is 1. The highest BCUT2D eigenvalue weighted by Crippen LogP contribution is 2.19. The van der Waals surface area contributed by atoms with E-state index in [2.05, 4.69) is 15.3 Å². The summed E-state index contributed by atoms with van der Waals surface area (Å²) in [7, 11) is 0. The molecule has 1 unspecified atom stereocenters. The standard InChI is InChI=1S/C12H12ClN3OS/c1-7-6-18-12(15-7)8(2)16-11(17)9-3-4-14-5-10(9)13/h3-6,8H,1-2H3,(H,16,17). The third-order valence-electron chi connectivity index (χ3n) is 2.37. The Labute approximate surface area is 114 Å². The zero-order chi connectivity index (χ0) is 13.1. The summed E-state index contributed by atoms with van der Waals surface area (Å²) in [5, 5.41) is 6.04. The van der Waals surface area contributed by atoms with Gasteiger partial charge in [0.2, 0.25) is 0 Å². The average Bonchev–Trinajstić information content (AvgIpc) is 2.76. The lowest BCUT2D eigenvalue weighted by atomic mass is 10.2. The zero-order valence-corrected chi connectivity index (χ0v) is 11.5. The van der Waals surface area contributed by atoms with Gasteiger partial charge in [-0.15, -0.1) is 11.3 Å². The van der Waals surface area contributed by atoms with E-state index < -0.39 is 0 Å². The lowest BCUT2D eigenvalue weighted by Crippen LogP contribution is -2.26. The molecule has 2 aromatic rings. The molecule has 2 aromatic heterocycles. The second-order valence-corrected chi connectivity index (χ2v) is 5.17. The summed E-state index contributed by atoms with van der Waals surface area (Å²) in [4.78, 5) is 20.2. The van der Waals surface area contributed by atoms with Crippen LogP contribution in [-0.4, -0.2) is 15.9 Å². The third-order valence-corrected chi connectivity index (χ3v) is 3.82. The van der Waals surface area contributed by atoms with Gasteiger partial charge in [-0.25, -0.2) is 4.98 Å². The van der Waals surface area contributed by atoms with Crippen molar-refractivity contribution in [3.05, 3.63) is 45.1 Å². The van der Waals surface area contributed by atoms with Gasteiger partial charge in [0.15, 0.2) is 0 Å². The van der Waals surface area contributed by atoms with Crippen LogP contribution in [0.3, 0.4) is 0 Å². The molecule has 2 heterocycles. The molecule has 0 bridgehead atoms. The molecule has 0 fully saturated rings. The summed E-state index contributed by atoms with van der Waals surface area (Å²) < 4.78 is 0. The maximum atomic E-state index is 12.0. The van der Waals surface area contributed by atoms with Gasteiger partial charge < -0.3 is 5.32 Å². The van der Waals surface area contributed by atoms with Crippen LogP contribution >= 0.6 is 22.9 Å². The summed E-state index contributed by atoms with van der Waals surface area (Å²) >= 11 is 7.44. The fourth-order valence-electron chi connectivity index (χ4n) is 1.47. The highest BCUT2D eigenvalue weighted by atomic mass is 35.5. The fourth-order valence-corrected chi connectivity index (χ4v) is 2.48. The van der Waals surface area contributed by atoms with Crippen molar-refractivity contribution in [1.82, 2.24) is 15.3 Å². The predicted octanol–water partition coefficient (Wildman–Crippen LogP) is 2.99. The largest absolute Gasteiger partial charge is 0.343 e. The zero-order valence-electron chi connectivity index (χ0n) is 9.98. The second kappa shape index (κ2) is 5.46. The highest BCUT2D eigenvalue weighted by Gasteiger charge is 2.15. The Morgan fingerprint density at radius 3 is 2.94 bits per heavy atom. The lowest BCUT2D eigenvalue weighted by molar-refractivity contribution is 0.0940. The summed E-state index contributed by atoms with van der Waals surface area (Å²) in [6.07, 6.45) is 2.99. The molecular weight excluding hydrogens is 270 g/mol. The number of carbonyl (C=O) groups is 1. The van der Waals surface area contributed by atoms with Crippen LogP contribution in [0.25, 0.3) is 0 Å². The summed E-state index contributed by atoms with van der Waals surface area (Å²) in [6.45, 7) is 3.82. The number of thiazole rings is 1. The van der Waals surface area contributed by atoms with Crippen LogP contribution in [-0.2, 0) is 0 Å². The SMILES string of the molecule is Cc1csc(C(C)NC(=O)c2ccncc2Cl)n1. The number of carbonyl (C=O) groups excluding carboxylic acids is 1. The van der Waals surface area contributed by atoms with Crippen LogP contribution in [0.4, 0.5) is 0 Å². The Bertz CT molecular complexity index is 570. The molecule has 0 saturated heterocycles. The van der Waals surface area contributed by atoms with Crippen molar-refractivity contribution in [2.45, 2.75) is 19.9 Å². The number of amides is 1. The van der Waals surface area contributed by atoms with Crippen LogP contribution in [0.2, 0.25) is 5.02 Å². The van der Waals surface area contributed by atoms with Crippen molar-refractivity contribution in [2.75, 3.05) is 0 Å². The molecule has 0 aliphatic carbocycles. The van der Waals surface area contributed by atoms with Crippen molar-refractivity contribution in [3.8, 4) is 0 Å². The molecule has 18 heavy (non-hydrogen) atoms. The number of nitrogens with zero attached hydrogens (tertiary/aromatic N) is 2. The van der Waals surface area contributed by atoms with E-state index in [4.69, 9.17) is 11.6 Å². The molecule has 0 radical (unpaired) electrons. The minimum atomic E-state index is -0.220. The molecule has 0 aromatic carbocycles. The van der Waals surface area contributed by atoms with E-state index >= 15 is 0 Å². The first kappa shape index (κ1) is 13.0. The molecular formula is C12H12ClN3OS. The predicted molar refractivity (Wildman–Crippen MR) is 72.0 cm³/mol. The van der Waals surface area contributed by atoms with Gasteiger partial charge in [-0.05, 0) is 19.9 Å². The Hall–Kier alpha value is -1.46. The smallest absolute Gasteiger partial charge is 0.253 e. The summed E-state index contributed by atoms with van der Waals surface area (Å²) in [6, 6.07) is 1.46. The van der Waals surface area contributed by atoms with Crippen LogP contribution < -0.4 is 5.32 Å². The number of rotatable bonds is 3. The first-order valence-corrected chi connectivity index (χ1v) is 6.66. The molecule has 1 amide bonds. The first-order chi connectivity index (χ1) is 8.58. The van der Waals surface area contributed by atoms with E-state index in [1.165, 1.54) is 17.5 Å². The van der Waals surface area contributed by atoms with E-state index in [-0.39, 0.29) is 11.9 Å².